The first-order valence-electron chi connectivity index (χ1n) is 10.3. The Kier molecular flexibility index (Phi) is 8.40. The lowest BCUT2D eigenvalue weighted by atomic mass is 10.2. The second kappa shape index (κ2) is 11.1. The fourth-order valence-electron chi connectivity index (χ4n) is 3.49. The van der Waals surface area contributed by atoms with Gasteiger partial charge in [-0.25, -0.2) is 13.1 Å². The highest BCUT2D eigenvalue weighted by Crippen LogP contribution is 2.21. The Labute approximate surface area is 197 Å². The van der Waals surface area contributed by atoms with E-state index in [1.54, 1.807) is 42.3 Å². The number of ether oxygens (including phenoxy) is 2. The van der Waals surface area contributed by atoms with Crippen LogP contribution in [0.5, 0.6) is 0 Å². The third kappa shape index (κ3) is 6.73. The molecule has 2 heterocycles. The summed E-state index contributed by atoms with van der Waals surface area (Å²) < 4.78 is 38.5. The van der Waals surface area contributed by atoms with Crippen LogP contribution in [0.3, 0.4) is 0 Å². The summed E-state index contributed by atoms with van der Waals surface area (Å²) in [7, 11) is -2.53. The highest BCUT2D eigenvalue weighted by atomic mass is 35.5. The number of hydrogen-bond donors (Lipinski definition) is 0. The normalized spacial score (nSPS) is 19.1. The van der Waals surface area contributed by atoms with Crippen molar-refractivity contribution in [1.29, 1.82) is 0 Å². The zero-order valence-electron chi connectivity index (χ0n) is 18.4. The molecule has 1 aromatic heterocycles. The standard InChI is InChI=1S/C20H26ClN5O6S/c1-3-32-19(27)14-25-12-17(22-23-25)11-24-8-9-33(29,30)26(18(13-24)20(28)31-2)10-15-4-6-16(21)7-5-15/h4-7,12,18H,3,8-11,13-14H2,1-2H3. The molecule has 0 saturated carbocycles. The van der Waals surface area contributed by atoms with E-state index >= 15 is 0 Å². The fraction of sp³-hybridized carbons (Fsp3) is 0.500. The van der Waals surface area contributed by atoms with Crippen LogP contribution in [0.2, 0.25) is 5.02 Å². The maximum Gasteiger partial charge on any atom is 0.327 e. The molecule has 13 heteroatoms. The average Bonchev–Trinajstić information content (AvgIpc) is 3.16. The van der Waals surface area contributed by atoms with Crippen LogP contribution in [-0.2, 0) is 48.7 Å². The fourth-order valence-corrected chi connectivity index (χ4v) is 5.22. The molecule has 0 spiro atoms. The monoisotopic (exact) mass is 499 g/mol. The summed E-state index contributed by atoms with van der Waals surface area (Å²) >= 11 is 5.93. The summed E-state index contributed by atoms with van der Waals surface area (Å²) in [5.74, 6) is -1.26. The molecule has 2 aromatic rings. The molecule has 1 aromatic carbocycles. The van der Waals surface area contributed by atoms with Gasteiger partial charge in [0.1, 0.15) is 12.6 Å². The van der Waals surface area contributed by atoms with Gasteiger partial charge in [0.2, 0.25) is 10.0 Å². The topological polar surface area (TPSA) is 124 Å². The summed E-state index contributed by atoms with van der Waals surface area (Å²) in [5, 5.41) is 8.49. The SMILES string of the molecule is CCOC(=O)Cn1cc(CN2CCS(=O)(=O)N(Cc3ccc(Cl)cc3)C(C(=O)OC)C2)nn1. The number of esters is 2. The van der Waals surface area contributed by atoms with Crippen LogP contribution in [-0.4, -0.2) is 83.2 Å². The van der Waals surface area contributed by atoms with Crippen molar-refractivity contribution in [2.24, 2.45) is 0 Å². The average molecular weight is 500 g/mol. The van der Waals surface area contributed by atoms with Gasteiger partial charge in [0, 0.05) is 31.2 Å². The molecule has 11 nitrogen and oxygen atoms in total. The zero-order valence-corrected chi connectivity index (χ0v) is 20.0. The minimum absolute atomic E-state index is 0.0167. The Balaban J connectivity index is 1.77. The number of halogens is 1. The van der Waals surface area contributed by atoms with Crippen LogP contribution in [0.25, 0.3) is 0 Å². The Bertz CT molecular complexity index is 1070. The Morgan fingerprint density at radius 2 is 1.94 bits per heavy atom. The van der Waals surface area contributed by atoms with Gasteiger partial charge in [0.25, 0.3) is 0 Å². The number of nitrogens with zero attached hydrogens (tertiary/aromatic N) is 5. The number of hydrogen-bond acceptors (Lipinski definition) is 9. The second-order valence-electron chi connectivity index (χ2n) is 7.47. The number of carbonyl (C=O) groups excluding carboxylic acids is 2. The van der Waals surface area contributed by atoms with Crippen molar-refractivity contribution in [2.75, 3.05) is 32.6 Å². The number of sulfonamides is 1. The van der Waals surface area contributed by atoms with E-state index in [2.05, 4.69) is 10.3 Å². The molecular weight excluding hydrogens is 474 g/mol. The van der Waals surface area contributed by atoms with Crippen molar-refractivity contribution in [3.63, 3.8) is 0 Å². The quantitative estimate of drug-likeness (QED) is 0.482. The number of carbonyl (C=O) groups is 2. The molecular formula is C20H26ClN5O6S. The van der Waals surface area contributed by atoms with Crippen molar-refractivity contribution in [3.05, 3.63) is 46.7 Å². The van der Waals surface area contributed by atoms with Gasteiger partial charge in [-0.15, -0.1) is 5.10 Å². The molecule has 1 aliphatic rings. The second-order valence-corrected chi connectivity index (χ2v) is 9.95. The molecule has 1 atom stereocenters. The van der Waals surface area contributed by atoms with Gasteiger partial charge < -0.3 is 9.47 Å². The van der Waals surface area contributed by atoms with E-state index in [1.165, 1.54) is 16.1 Å². The first kappa shape index (κ1) is 25.1. The van der Waals surface area contributed by atoms with Gasteiger partial charge in [-0.05, 0) is 24.6 Å². The predicted octanol–water partition coefficient (Wildman–Crippen LogP) is 0.684. The lowest BCUT2D eigenvalue weighted by Crippen LogP contribution is -2.48. The maximum atomic E-state index is 13.1. The van der Waals surface area contributed by atoms with E-state index in [0.717, 1.165) is 0 Å². The molecule has 1 fully saturated rings. The molecule has 180 valence electrons. The van der Waals surface area contributed by atoms with Gasteiger partial charge in [-0.3, -0.25) is 14.5 Å². The van der Waals surface area contributed by atoms with Crippen LogP contribution in [0.1, 0.15) is 18.2 Å². The van der Waals surface area contributed by atoms with Crippen molar-refractivity contribution in [2.45, 2.75) is 32.6 Å². The lowest BCUT2D eigenvalue weighted by molar-refractivity contribution is -0.146. The summed E-state index contributed by atoms with van der Waals surface area (Å²) in [6.07, 6.45) is 1.59. The summed E-state index contributed by atoms with van der Waals surface area (Å²) in [6.45, 7) is 2.48. The van der Waals surface area contributed by atoms with E-state index in [-0.39, 0.29) is 45.1 Å². The van der Waals surface area contributed by atoms with Crippen molar-refractivity contribution < 1.29 is 27.5 Å². The molecule has 0 aliphatic carbocycles. The van der Waals surface area contributed by atoms with Crippen LogP contribution < -0.4 is 0 Å². The number of benzene rings is 1. The smallest absolute Gasteiger partial charge is 0.327 e. The molecule has 1 saturated heterocycles. The van der Waals surface area contributed by atoms with Gasteiger partial charge in [-0.1, -0.05) is 28.9 Å². The minimum atomic E-state index is -3.76. The minimum Gasteiger partial charge on any atom is -0.468 e. The predicted molar refractivity (Wildman–Crippen MR) is 119 cm³/mol. The zero-order chi connectivity index (χ0) is 24.0. The van der Waals surface area contributed by atoms with Gasteiger partial charge >= 0.3 is 11.9 Å². The third-order valence-electron chi connectivity index (χ3n) is 5.09. The van der Waals surface area contributed by atoms with Gasteiger partial charge in [0.15, 0.2) is 0 Å². The van der Waals surface area contributed by atoms with Crippen molar-refractivity contribution in [1.82, 2.24) is 24.2 Å². The van der Waals surface area contributed by atoms with E-state index in [1.807, 2.05) is 0 Å². The number of rotatable bonds is 8. The Hall–Kier alpha value is -2.54. The largest absolute Gasteiger partial charge is 0.468 e. The van der Waals surface area contributed by atoms with Crippen LogP contribution >= 0.6 is 11.6 Å². The van der Waals surface area contributed by atoms with E-state index in [0.29, 0.717) is 16.3 Å². The highest BCUT2D eigenvalue weighted by molar-refractivity contribution is 7.89. The molecule has 0 radical (unpaired) electrons. The first-order valence-corrected chi connectivity index (χ1v) is 12.3. The molecule has 0 amide bonds. The van der Waals surface area contributed by atoms with E-state index < -0.39 is 28.0 Å². The maximum absolute atomic E-state index is 13.1. The first-order chi connectivity index (χ1) is 15.7. The van der Waals surface area contributed by atoms with Crippen molar-refractivity contribution in [3.8, 4) is 0 Å². The molecule has 0 N–H and O–H groups in total. The van der Waals surface area contributed by atoms with Crippen LogP contribution in [0.4, 0.5) is 0 Å². The van der Waals surface area contributed by atoms with Gasteiger partial charge in [-0.2, -0.15) is 4.31 Å². The van der Waals surface area contributed by atoms with E-state index in [4.69, 9.17) is 21.1 Å². The van der Waals surface area contributed by atoms with Gasteiger partial charge in [0.05, 0.1) is 31.4 Å². The summed E-state index contributed by atoms with van der Waals surface area (Å²) in [4.78, 5) is 26.0. The highest BCUT2D eigenvalue weighted by Gasteiger charge is 2.40. The van der Waals surface area contributed by atoms with E-state index in [9.17, 15) is 18.0 Å². The summed E-state index contributed by atoms with van der Waals surface area (Å²) in [5.41, 5.74) is 1.23. The summed E-state index contributed by atoms with van der Waals surface area (Å²) in [6, 6.07) is 5.74. The van der Waals surface area contributed by atoms with Crippen LogP contribution in [0, 0.1) is 0 Å². The molecule has 33 heavy (non-hydrogen) atoms. The van der Waals surface area contributed by atoms with Crippen LogP contribution in [0.15, 0.2) is 30.5 Å². The third-order valence-corrected chi connectivity index (χ3v) is 7.14. The molecule has 1 aliphatic heterocycles. The molecule has 0 bridgehead atoms. The Morgan fingerprint density at radius 1 is 1.21 bits per heavy atom. The molecule has 1 unspecified atom stereocenters. The molecule has 3 rings (SSSR count). The van der Waals surface area contributed by atoms with Crippen molar-refractivity contribution >= 4 is 33.6 Å². The number of methoxy groups -OCH3 is 1. The number of aromatic nitrogens is 3. The Morgan fingerprint density at radius 3 is 2.61 bits per heavy atom. The lowest BCUT2D eigenvalue weighted by Gasteiger charge is -2.28.